The molecule has 2 rings (SSSR count). The number of hydrogen-bond donors (Lipinski definition) is 3. The summed E-state index contributed by atoms with van der Waals surface area (Å²) in [6.07, 6.45) is 3.72. The number of amides is 2. The van der Waals surface area contributed by atoms with Gasteiger partial charge in [-0.25, -0.2) is 4.79 Å². The van der Waals surface area contributed by atoms with Crippen molar-refractivity contribution in [1.82, 2.24) is 20.8 Å². The van der Waals surface area contributed by atoms with E-state index in [9.17, 15) is 9.90 Å². The second-order valence-electron chi connectivity index (χ2n) is 5.81. The molecular weight excluding hydrogens is 272 g/mol. The molecule has 2 unspecified atom stereocenters. The Hall–Kier alpha value is -1.63. The first-order chi connectivity index (χ1) is 10.1. The van der Waals surface area contributed by atoms with Gasteiger partial charge in [-0.15, -0.1) is 0 Å². The zero-order valence-electron chi connectivity index (χ0n) is 12.6. The predicted molar refractivity (Wildman–Crippen MR) is 76.9 cm³/mol. The summed E-state index contributed by atoms with van der Waals surface area (Å²) < 4.78 is 5.10. The minimum absolute atomic E-state index is 0.144. The second kappa shape index (κ2) is 7.40. The van der Waals surface area contributed by atoms with Crippen LogP contribution in [0.5, 0.6) is 0 Å². The smallest absolute Gasteiger partial charge is 0.315 e. The van der Waals surface area contributed by atoms with Gasteiger partial charge in [-0.1, -0.05) is 31.8 Å². The molecule has 2 amide bonds. The molecular formula is C14H24N4O3. The molecule has 1 fully saturated rings. The van der Waals surface area contributed by atoms with E-state index in [2.05, 4.69) is 20.8 Å². The molecule has 1 aromatic rings. The molecule has 7 heteroatoms. The normalized spacial score (nSPS) is 22.3. The highest BCUT2D eigenvalue weighted by Crippen LogP contribution is 2.18. The third-order valence-electron chi connectivity index (χ3n) is 3.67. The fraction of sp³-hybridized carbons (Fsp3) is 0.786. The van der Waals surface area contributed by atoms with Crippen LogP contribution in [0.3, 0.4) is 0 Å². The Bertz CT molecular complexity index is 461. The number of nitrogens with one attached hydrogen (secondary N) is 2. The molecule has 1 aromatic heterocycles. The summed E-state index contributed by atoms with van der Waals surface area (Å²) in [7, 11) is 0. The van der Waals surface area contributed by atoms with E-state index in [4.69, 9.17) is 4.52 Å². The third kappa shape index (κ3) is 4.70. The number of aliphatic hydroxyl groups excluding tert-OH is 1. The van der Waals surface area contributed by atoms with Gasteiger partial charge >= 0.3 is 6.03 Å². The number of carbonyl (C=O) groups excluding carboxylic acids is 1. The van der Waals surface area contributed by atoms with Crippen molar-refractivity contribution >= 4 is 6.03 Å². The Morgan fingerprint density at radius 3 is 2.86 bits per heavy atom. The lowest BCUT2D eigenvalue weighted by atomic mass is 9.93. The molecule has 21 heavy (non-hydrogen) atoms. The van der Waals surface area contributed by atoms with Crippen LogP contribution in [-0.2, 0) is 6.42 Å². The topological polar surface area (TPSA) is 100 Å². The molecule has 0 saturated heterocycles. The lowest BCUT2D eigenvalue weighted by molar-refractivity contribution is 0.0943. The summed E-state index contributed by atoms with van der Waals surface area (Å²) in [6, 6.07) is -0.403. The van der Waals surface area contributed by atoms with Gasteiger partial charge in [0.15, 0.2) is 5.82 Å². The maximum atomic E-state index is 11.8. The molecule has 1 aliphatic rings. The monoisotopic (exact) mass is 296 g/mol. The number of aromatic nitrogens is 2. The van der Waals surface area contributed by atoms with E-state index in [1.165, 1.54) is 0 Å². The van der Waals surface area contributed by atoms with Crippen LogP contribution < -0.4 is 10.6 Å². The third-order valence-corrected chi connectivity index (χ3v) is 3.67. The van der Waals surface area contributed by atoms with Gasteiger partial charge in [0.2, 0.25) is 5.89 Å². The highest BCUT2D eigenvalue weighted by atomic mass is 16.5. The number of urea groups is 1. The lowest BCUT2D eigenvalue weighted by Crippen LogP contribution is -2.49. The van der Waals surface area contributed by atoms with Crippen molar-refractivity contribution in [3.8, 4) is 0 Å². The van der Waals surface area contributed by atoms with Gasteiger partial charge in [0.05, 0.1) is 12.1 Å². The summed E-state index contributed by atoms with van der Waals surface area (Å²) in [5.41, 5.74) is 0. The van der Waals surface area contributed by atoms with E-state index in [1.54, 1.807) is 0 Å². The minimum Gasteiger partial charge on any atom is -0.391 e. The van der Waals surface area contributed by atoms with Gasteiger partial charge in [-0.3, -0.25) is 0 Å². The number of aliphatic hydroxyl groups is 1. The number of rotatable bonds is 5. The van der Waals surface area contributed by atoms with Crippen LogP contribution in [0.15, 0.2) is 4.52 Å². The first-order valence-electron chi connectivity index (χ1n) is 7.61. The summed E-state index contributed by atoms with van der Waals surface area (Å²) in [6.45, 7) is 4.42. The van der Waals surface area contributed by atoms with E-state index in [1.807, 2.05) is 13.8 Å². The fourth-order valence-corrected chi connectivity index (χ4v) is 2.39. The Morgan fingerprint density at radius 2 is 2.19 bits per heavy atom. The molecule has 0 aliphatic heterocycles. The first-order valence-corrected chi connectivity index (χ1v) is 7.61. The standard InChI is InChI=1S/C14H24N4O3/c1-9(2)13-17-12(21-18-13)7-8-15-14(20)16-10-5-3-4-6-11(10)19/h9-11,19H,3-8H2,1-2H3,(H2,15,16,20). The molecule has 0 radical (unpaired) electrons. The quantitative estimate of drug-likeness (QED) is 0.761. The molecule has 0 bridgehead atoms. The maximum Gasteiger partial charge on any atom is 0.315 e. The average molecular weight is 296 g/mol. The van der Waals surface area contributed by atoms with Crippen LogP contribution in [-0.4, -0.2) is 40.0 Å². The summed E-state index contributed by atoms with van der Waals surface area (Å²) in [5, 5.41) is 19.2. The maximum absolute atomic E-state index is 11.8. The Balaban J connectivity index is 1.68. The van der Waals surface area contributed by atoms with Crippen LogP contribution in [0.2, 0.25) is 0 Å². The minimum atomic E-state index is -0.436. The zero-order valence-corrected chi connectivity index (χ0v) is 12.6. The molecule has 2 atom stereocenters. The largest absolute Gasteiger partial charge is 0.391 e. The van der Waals surface area contributed by atoms with Gasteiger partial charge < -0.3 is 20.3 Å². The zero-order chi connectivity index (χ0) is 15.2. The molecule has 118 valence electrons. The van der Waals surface area contributed by atoms with Gasteiger partial charge in [0, 0.05) is 18.9 Å². The van der Waals surface area contributed by atoms with Crippen molar-refractivity contribution < 1.29 is 14.4 Å². The van der Waals surface area contributed by atoms with Crippen molar-refractivity contribution in [2.24, 2.45) is 0 Å². The van der Waals surface area contributed by atoms with Crippen LogP contribution in [0, 0.1) is 0 Å². The van der Waals surface area contributed by atoms with Crippen molar-refractivity contribution in [3.63, 3.8) is 0 Å². The van der Waals surface area contributed by atoms with Gasteiger partial charge in [0.1, 0.15) is 0 Å². The molecule has 1 aliphatic carbocycles. The van der Waals surface area contributed by atoms with E-state index in [0.717, 1.165) is 25.7 Å². The van der Waals surface area contributed by atoms with Crippen molar-refractivity contribution in [2.75, 3.05) is 6.54 Å². The molecule has 0 spiro atoms. The van der Waals surface area contributed by atoms with Gasteiger partial charge in [0.25, 0.3) is 0 Å². The molecule has 0 aromatic carbocycles. The summed E-state index contributed by atoms with van der Waals surface area (Å²) in [4.78, 5) is 16.0. The van der Waals surface area contributed by atoms with Crippen LogP contribution >= 0.6 is 0 Å². The molecule has 3 N–H and O–H groups in total. The van der Waals surface area contributed by atoms with E-state index < -0.39 is 6.10 Å². The fourth-order valence-electron chi connectivity index (χ4n) is 2.39. The number of nitrogens with zero attached hydrogens (tertiary/aromatic N) is 2. The van der Waals surface area contributed by atoms with Crippen molar-refractivity contribution in [3.05, 3.63) is 11.7 Å². The van der Waals surface area contributed by atoms with Gasteiger partial charge in [-0.2, -0.15) is 4.98 Å². The van der Waals surface area contributed by atoms with Crippen molar-refractivity contribution in [2.45, 2.75) is 64.0 Å². The molecule has 1 saturated carbocycles. The van der Waals surface area contributed by atoms with E-state index in [0.29, 0.717) is 24.7 Å². The Kier molecular flexibility index (Phi) is 5.55. The van der Waals surface area contributed by atoms with E-state index in [-0.39, 0.29) is 18.0 Å². The van der Waals surface area contributed by atoms with Gasteiger partial charge in [-0.05, 0) is 12.8 Å². The highest BCUT2D eigenvalue weighted by molar-refractivity contribution is 5.74. The highest BCUT2D eigenvalue weighted by Gasteiger charge is 2.24. The van der Waals surface area contributed by atoms with Crippen LogP contribution in [0.4, 0.5) is 4.79 Å². The number of hydrogen-bond acceptors (Lipinski definition) is 5. The first kappa shape index (κ1) is 15.8. The van der Waals surface area contributed by atoms with E-state index >= 15 is 0 Å². The second-order valence-corrected chi connectivity index (χ2v) is 5.81. The van der Waals surface area contributed by atoms with Crippen LogP contribution in [0.25, 0.3) is 0 Å². The Morgan fingerprint density at radius 1 is 1.43 bits per heavy atom. The van der Waals surface area contributed by atoms with Crippen molar-refractivity contribution in [1.29, 1.82) is 0 Å². The Labute approximate surface area is 124 Å². The number of carbonyl (C=O) groups is 1. The summed E-state index contributed by atoms with van der Waals surface area (Å²) >= 11 is 0. The molecule has 1 heterocycles. The molecule has 7 nitrogen and oxygen atoms in total. The summed E-state index contributed by atoms with van der Waals surface area (Å²) in [5.74, 6) is 1.43. The lowest BCUT2D eigenvalue weighted by Gasteiger charge is -2.28. The predicted octanol–water partition coefficient (Wildman–Crippen LogP) is 1.34. The SMILES string of the molecule is CC(C)c1noc(CCNC(=O)NC2CCCCC2O)n1. The van der Waals surface area contributed by atoms with Crippen LogP contribution in [0.1, 0.15) is 57.2 Å². The average Bonchev–Trinajstić information content (AvgIpc) is 2.90.